The molecule has 0 amide bonds. The average molecular weight is 265 g/mol. The molecule has 0 aliphatic carbocycles. The van der Waals surface area contributed by atoms with Crippen molar-refractivity contribution in [3.63, 3.8) is 0 Å². The molecule has 0 spiro atoms. The number of rotatable bonds is 2. The Labute approximate surface area is 116 Å². The molecule has 0 fully saturated rings. The molecule has 3 heteroatoms. The minimum atomic E-state index is -0.000460. The number of benzene rings is 2. The summed E-state index contributed by atoms with van der Waals surface area (Å²) >= 11 is 0. The average Bonchev–Trinajstić information content (AvgIpc) is 2.47. The molecule has 0 aliphatic heterocycles. The predicted molar refractivity (Wildman–Crippen MR) is 82.2 cm³/mol. The Morgan fingerprint density at radius 1 is 1.10 bits per heavy atom. The fourth-order valence-electron chi connectivity index (χ4n) is 2.30. The number of nitrogens with one attached hydrogen (secondary N) is 1. The monoisotopic (exact) mass is 265 g/mol. The second kappa shape index (κ2) is 4.85. The van der Waals surface area contributed by atoms with E-state index in [1.807, 2.05) is 50.4 Å². The third-order valence-corrected chi connectivity index (χ3v) is 3.39. The largest absolute Gasteiger partial charge is 0.463 e. The van der Waals surface area contributed by atoms with Crippen LogP contribution in [0.25, 0.3) is 22.1 Å². The zero-order chi connectivity index (χ0) is 14.1. The topological polar surface area (TPSA) is 42.2 Å². The van der Waals surface area contributed by atoms with Gasteiger partial charge in [0.25, 0.3) is 0 Å². The summed E-state index contributed by atoms with van der Waals surface area (Å²) in [6.45, 7) is 2.01. The van der Waals surface area contributed by atoms with Crippen LogP contribution in [0.3, 0.4) is 0 Å². The Morgan fingerprint density at radius 3 is 2.70 bits per heavy atom. The van der Waals surface area contributed by atoms with Crippen LogP contribution >= 0.6 is 0 Å². The highest BCUT2D eigenvalue weighted by molar-refractivity contribution is 5.84. The first-order chi connectivity index (χ1) is 9.69. The Kier molecular flexibility index (Phi) is 3.03. The molecule has 0 saturated heterocycles. The minimum absolute atomic E-state index is 0.000460. The maximum atomic E-state index is 12.6. The molecule has 0 saturated carbocycles. The van der Waals surface area contributed by atoms with E-state index in [2.05, 4.69) is 5.32 Å². The van der Waals surface area contributed by atoms with E-state index in [0.29, 0.717) is 16.5 Å². The molecule has 3 nitrogen and oxygen atoms in total. The molecule has 20 heavy (non-hydrogen) atoms. The van der Waals surface area contributed by atoms with Gasteiger partial charge in [-0.15, -0.1) is 0 Å². The molecule has 100 valence electrons. The van der Waals surface area contributed by atoms with E-state index in [1.54, 1.807) is 12.3 Å². The molecule has 2 aromatic carbocycles. The van der Waals surface area contributed by atoms with Crippen molar-refractivity contribution < 1.29 is 4.42 Å². The zero-order valence-corrected chi connectivity index (χ0v) is 11.4. The smallest absolute Gasteiger partial charge is 0.200 e. The lowest BCUT2D eigenvalue weighted by Crippen LogP contribution is -2.05. The maximum absolute atomic E-state index is 12.6. The van der Waals surface area contributed by atoms with E-state index >= 15 is 0 Å². The lowest BCUT2D eigenvalue weighted by molar-refractivity contribution is 0.605. The van der Waals surface area contributed by atoms with Crippen LogP contribution in [0.1, 0.15) is 5.56 Å². The fraction of sp³-hybridized carbons (Fsp3) is 0.118. The van der Waals surface area contributed by atoms with Crippen LogP contribution in [0.5, 0.6) is 0 Å². The maximum Gasteiger partial charge on any atom is 0.200 e. The van der Waals surface area contributed by atoms with Crippen molar-refractivity contribution >= 4 is 16.7 Å². The SMILES string of the molecule is CNc1ccc2c(=O)c(-c3cccc(C)c3)coc2c1. The van der Waals surface area contributed by atoms with E-state index in [-0.39, 0.29) is 5.43 Å². The van der Waals surface area contributed by atoms with Gasteiger partial charge in [0, 0.05) is 18.8 Å². The molecule has 3 aromatic rings. The van der Waals surface area contributed by atoms with Crippen molar-refractivity contribution in [2.24, 2.45) is 0 Å². The van der Waals surface area contributed by atoms with Gasteiger partial charge in [-0.1, -0.05) is 29.8 Å². The number of aryl methyl sites for hydroxylation is 1. The molecular weight excluding hydrogens is 250 g/mol. The first kappa shape index (κ1) is 12.5. The summed E-state index contributed by atoms with van der Waals surface area (Å²) in [5, 5.41) is 3.63. The molecule has 0 radical (unpaired) electrons. The summed E-state index contributed by atoms with van der Waals surface area (Å²) in [5.41, 5.74) is 4.12. The summed E-state index contributed by atoms with van der Waals surface area (Å²) in [6.07, 6.45) is 1.54. The molecule has 3 rings (SSSR count). The summed E-state index contributed by atoms with van der Waals surface area (Å²) in [7, 11) is 1.83. The highest BCUT2D eigenvalue weighted by atomic mass is 16.3. The second-order valence-corrected chi connectivity index (χ2v) is 4.81. The van der Waals surface area contributed by atoms with Gasteiger partial charge in [0.05, 0.1) is 10.9 Å². The molecular formula is C17H15NO2. The quantitative estimate of drug-likeness (QED) is 0.766. The number of anilines is 1. The predicted octanol–water partition coefficient (Wildman–Crippen LogP) is 3.81. The van der Waals surface area contributed by atoms with Gasteiger partial charge in [-0.25, -0.2) is 0 Å². The third-order valence-electron chi connectivity index (χ3n) is 3.39. The molecule has 0 unspecified atom stereocenters. The molecule has 1 heterocycles. The molecule has 0 bridgehead atoms. The van der Waals surface area contributed by atoms with Crippen molar-refractivity contribution in [1.29, 1.82) is 0 Å². The van der Waals surface area contributed by atoms with Crippen LogP contribution in [-0.4, -0.2) is 7.05 Å². The van der Waals surface area contributed by atoms with Crippen LogP contribution in [0.15, 0.2) is 57.9 Å². The van der Waals surface area contributed by atoms with Gasteiger partial charge < -0.3 is 9.73 Å². The van der Waals surface area contributed by atoms with Crippen molar-refractivity contribution in [3.05, 3.63) is 64.5 Å². The van der Waals surface area contributed by atoms with Gasteiger partial charge in [-0.3, -0.25) is 4.79 Å². The van der Waals surface area contributed by atoms with E-state index < -0.39 is 0 Å². The summed E-state index contributed by atoms with van der Waals surface area (Å²) in [5.74, 6) is 0. The van der Waals surface area contributed by atoms with Gasteiger partial charge in [0.2, 0.25) is 0 Å². The van der Waals surface area contributed by atoms with E-state index in [4.69, 9.17) is 4.42 Å². The molecule has 0 aliphatic rings. The van der Waals surface area contributed by atoms with Crippen LogP contribution in [0.4, 0.5) is 5.69 Å². The van der Waals surface area contributed by atoms with Gasteiger partial charge in [-0.2, -0.15) is 0 Å². The van der Waals surface area contributed by atoms with Crippen LogP contribution in [-0.2, 0) is 0 Å². The minimum Gasteiger partial charge on any atom is -0.463 e. The first-order valence-electron chi connectivity index (χ1n) is 6.49. The summed E-state index contributed by atoms with van der Waals surface area (Å²) < 4.78 is 5.62. The van der Waals surface area contributed by atoms with Gasteiger partial charge in [0.15, 0.2) is 5.43 Å². The Morgan fingerprint density at radius 2 is 1.95 bits per heavy atom. The summed E-state index contributed by atoms with van der Waals surface area (Å²) in [6, 6.07) is 13.4. The highest BCUT2D eigenvalue weighted by Gasteiger charge is 2.09. The third kappa shape index (κ3) is 2.07. The van der Waals surface area contributed by atoms with Crippen molar-refractivity contribution in [2.75, 3.05) is 12.4 Å². The molecule has 1 aromatic heterocycles. The lowest BCUT2D eigenvalue weighted by Gasteiger charge is -2.05. The Balaban J connectivity index is 2.24. The standard InChI is InChI=1S/C17H15NO2/c1-11-4-3-5-12(8-11)15-10-20-16-9-13(18-2)6-7-14(16)17(15)19/h3-10,18H,1-2H3. The van der Waals surface area contributed by atoms with Crippen LogP contribution in [0, 0.1) is 6.92 Å². The van der Waals surface area contributed by atoms with E-state index in [9.17, 15) is 4.79 Å². The highest BCUT2D eigenvalue weighted by Crippen LogP contribution is 2.22. The lowest BCUT2D eigenvalue weighted by atomic mass is 10.0. The van der Waals surface area contributed by atoms with Gasteiger partial charge in [-0.05, 0) is 24.6 Å². The van der Waals surface area contributed by atoms with Gasteiger partial charge in [0.1, 0.15) is 11.8 Å². The second-order valence-electron chi connectivity index (χ2n) is 4.81. The summed E-state index contributed by atoms with van der Waals surface area (Å²) in [4.78, 5) is 12.6. The number of fused-ring (bicyclic) bond motifs is 1. The van der Waals surface area contributed by atoms with Crippen molar-refractivity contribution in [1.82, 2.24) is 0 Å². The normalized spacial score (nSPS) is 10.7. The van der Waals surface area contributed by atoms with Crippen LogP contribution < -0.4 is 10.7 Å². The molecule has 1 N–H and O–H groups in total. The Hall–Kier alpha value is -2.55. The zero-order valence-electron chi connectivity index (χ0n) is 11.4. The molecule has 0 atom stereocenters. The van der Waals surface area contributed by atoms with E-state index in [1.165, 1.54) is 0 Å². The fourth-order valence-corrected chi connectivity index (χ4v) is 2.30. The Bertz CT molecular complexity index is 834. The van der Waals surface area contributed by atoms with Crippen molar-refractivity contribution in [2.45, 2.75) is 6.92 Å². The van der Waals surface area contributed by atoms with E-state index in [0.717, 1.165) is 16.8 Å². The van der Waals surface area contributed by atoms with Gasteiger partial charge >= 0.3 is 0 Å². The number of hydrogen-bond donors (Lipinski definition) is 1. The first-order valence-corrected chi connectivity index (χ1v) is 6.49. The van der Waals surface area contributed by atoms with Crippen molar-refractivity contribution in [3.8, 4) is 11.1 Å². The van der Waals surface area contributed by atoms with Crippen LogP contribution in [0.2, 0.25) is 0 Å². The number of hydrogen-bond acceptors (Lipinski definition) is 3.